The first-order valence-electron chi connectivity index (χ1n) is 6.42. The summed E-state index contributed by atoms with van der Waals surface area (Å²) in [6, 6.07) is 0.680. The fourth-order valence-corrected chi connectivity index (χ4v) is 5.86. The molecule has 4 aliphatic rings. The predicted molar refractivity (Wildman–Crippen MR) is 57.0 cm³/mol. The maximum absolute atomic E-state index is 3.90. The summed E-state index contributed by atoms with van der Waals surface area (Å²) in [6.45, 7) is 4.62. The van der Waals surface area contributed by atoms with Crippen LogP contribution in [0.15, 0.2) is 0 Å². The first-order chi connectivity index (χ1) is 6.65. The van der Waals surface area contributed by atoms with Crippen LogP contribution >= 0.6 is 0 Å². The maximum atomic E-state index is 3.90. The molecule has 4 fully saturated rings. The van der Waals surface area contributed by atoms with Crippen molar-refractivity contribution in [3.8, 4) is 0 Å². The molecule has 4 saturated carbocycles. The van der Waals surface area contributed by atoms with Crippen molar-refractivity contribution in [3.05, 3.63) is 0 Å². The van der Waals surface area contributed by atoms with Crippen molar-refractivity contribution in [2.75, 3.05) is 0 Å². The van der Waals surface area contributed by atoms with E-state index in [2.05, 4.69) is 19.2 Å². The van der Waals surface area contributed by atoms with E-state index in [-0.39, 0.29) is 0 Å². The van der Waals surface area contributed by atoms with Gasteiger partial charge in [-0.1, -0.05) is 13.8 Å². The molecule has 4 rings (SSSR count). The Morgan fingerprint density at radius 2 is 1.71 bits per heavy atom. The summed E-state index contributed by atoms with van der Waals surface area (Å²) in [5.41, 5.74) is 1.48. The molecule has 2 unspecified atom stereocenters. The molecule has 0 aromatic carbocycles. The van der Waals surface area contributed by atoms with Gasteiger partial charge in [0.2, 0.25) is 0 Å². The van der Waals surface area contributed by atoms with Gasteiger partial charge in [0.05, 0.1) is 0 Å². The highest BCUT2D eigenvalue weighted by Crippen LogP contribution is 2.82. The zero-order valence-electron chi connectivity index (χ0n) is 9.34. The molecule has 1 heteroatoms. The number of rotatable bonds is 2. The molecule has 0 aromatic rings. The first-order valence-corrected chi connectivity index (χ1v) is 6.42. The van der Waals surface area contributed by atoms with E-state index in [1.807, 2.05) is 0 Å². The van der Waals surface area contributed by atoms with Gasteiger partial charge >= 0.3 is 0 Å². The average molecular weight is 191 g/mol. The van der Waals surface area contributed by atoms with Crippen molar-refractivity contribution in [2.24, 2.45) is 23.2 Å². The monoisotopic (exact) mass is 191 g/mol. The van der Waals surface area contributed by atoms with Crippen LogP contribution in [0, 0.1) is 23.2 Å². The second kappa shape index (κ2) is 2.07. The van der Waals surface area contributed by atoms with Gasteiger partial charge in [-0.05, 0) is 55.3 Å². The van der Waals surface area contributed by atoms with Crippen LogP contribution in [-0.2, 0) is 0 Å². The molecule has 0 aromatic heterocycles. The van der Waals surface area contributed by atoms with Crippen LogP contribution < -0.4 is 5.32 Å². The Balaban J connectivity index is 1.67. The Morgan fingerprint density at radius 1 is 1.07 bits per heavy atom. The summed E-state index contributed by atoms with van der Waals surface area (Å²) < 4.78 is 0. The third-order valence-corrected chi connectivity index (χ3v) is 5.93. The van der Waals surface area contributed by atoms with Gasteiger partial charge < -0.3 is 5.32 Å². The van der Waals surface area contributed by atoms with Crippen molar-refractivity contribution >= 4 is 0 Å². The van der Waals surface area contributed by atoms with Crippen molar-refractivity contribution in [2.45, 2.75) is 57.5 Å². The van der Waals surface area contributed by atoms with Gasteiger partial charge in [0, 0.05) is 11.6 Å². The highest BCUT2D eigenvalue weighted by Gasteiger charge is 2.77. The second-order valence-corrected chi connectivity index (χ2v) is 6.84. The molecule has 1 N–H and O–H groups in total. The largest absolute Gasteiger partial charge is 0.309 e. The standard InChI is InChI=1S/C13H21N/c1-8(2)14-12-5-10-3-9-4-11(6-12)13(9,10)7-12/h8-11,14H,3-7H2,1-2H3. The molecule has 1 spiro atoms. The molecule has 0 radical (unpaired) electrons. The lowest BCUT2D eigenvalue weighted by molar-refractivity contribution is -0.176. The summed E-state index contributed by atoms with van der Waals surface area (Å²) >= 11 is 0. The van der Waals surface area contributed by atoms with Crippen molar-refractivity contribution in [3.63, 3.8) is 0 Å². The molecule has 0 saturated heterocycles. The second-order valence-electron chi connectivity index (χ2n) is 6.84. The molecule has 0 amide bonds. The van der Waals surface area contributed by atoms with Crippen LogP contribution in [0.3, 0.4) is 0 Å². The normalized spacial score (nSPS) is 62.4. The molecule has 2 bridgehead atoms. The fourth-order valence-electron chi connectivity index (χ4n) is 5.86. The van der Waals surface area contributed by atoms with Crippen LogP contribution in [0.5, 0.6) is 0 Å². The maximum Gasteiger partial charge on any atom is 0.0195 e. The number of hydrogen-bond acceptors (Lipinski definition) is 1. The molecule has 4 aliphatic carbocycles. The predicted octanol–water partition coefficient (Wildman–Crippen LogP) is 2.56. The average Bonchev–Trinajstić information content (AvgIpc) is 2.48. The Kier molecular flexibility index (Phi) is 1.20. The van der Waals surface area contributed by atoms with Crippen molar-refractivity contribution in [1.82, 2.24) is 5.32 Å². The molecule has 0 heterocycles. The summed E-state index contributed by atoms with van der Waals surface area (Å²) in [5, 5.41) is 3.90. The molecule has 1 nitrogen and oxygen atoms in total. The number of hydrogen-bond donors (Lipinski definition) is 1. The summed E-state index contributed by atoms with van der Waals surface area (Å²) in [7, 11) is 0. The number of nitrogens with one attached hydrogen (secondary N) is 1. The van der Waals surface area contributed by atoms with Crippen LogP contribution in [-0.4, -0.2) is 11.6 Å². The quantitative estimate of drug-likeness (QED) is 0.707. The van der Waals surface area contributed by atoms with E-state index in [4.69, 9.17) is 0 Å². The van der Waals surface area contributed by atoms with Gasteiger partial charge in [-0.25, -0.2) is 0 Å². The Labute approximate surface area is 86.6 Å². The van der Waals surface area contributed by atoms with Gasteiger partial charge in [0.1, 0.15) is 0 Å². The van der Waals surface area contributed by atoms with Crippen molar-refractivity contribution in [1.29, 1.82) is 0 Å². The minimum Gasteiger partial charge on any atom is -0.309 e. The smallest absolute Gasteiger partial charge is 0.0195 e. The SMILES string of the molecule is CC(C)NC12CC3CC4CC(C1)C43C2. The first kappa shape index (κ1) is 8.15. The van der Waals surface area contributed by atoms with Crippen LogP contribution in [0.4, 0.5) is 0 Å². The van der Waals surface area contributed by atoms with E-state index in [1.165, 1.54) is 19.3 Å². The highest BCUT2D eigenvalue weighted by atomic mass is 15.1. The topological polar surface area (TPSA) is 12.0 Å². The van der Waals surface area contributed by atoms with Crippen LogP contribution in [0.25, 0.3) is 0 Å². The minimum absolute atomic E-state index is 0.592. The molecule has 78 valence electrons. The van der Waals surface area contributed by atoms with Gasteiger partial charge in [-0.2, -0.15) is 0 Å². The Bertz CT molecular complexity index is 272. The molecule has 2 atom stereocenters. The molecule has 0 aliphatic heterocycles. The van der Waals surface area contributed by atoms with Crippen LogP contribution in [0.1, 0.15) is 46.0 Å². The minimum atomic E-state index is 0.592. The Morgan fingerprint density at radius 3 is 2.14 bits per heavy atom. The molecule has 14 heavy (non-hydrogen) atoms. The fraction of sp³-hybridized carbons (Fsp3) is 1.00. The van der Waals surface area contributed by atoms with Gasteiger partial charge in [-0.3, -0.25) is 0 Å². The van der Waals surface area contributed by atoms with E-state index >= 15 is 0 Å². The van der Waals surface area contributed by atoms with E-state index in [0.717, 1.165) is 23.2 Å². The van der Waals surface area contributed by atoms with Crippen LogP contribution in [0.2, 0.25) is 0 Å². The third-order valence-electron chi connectivity index (χ3n) is 5.93. The number of fused-ring (bicyclic) bond motifs is 1. The molecular weight excluding hydrogens is 170 g/mol. The van der Waals surface area contributed by atoms with E-state index < -0.39 is 0 Å². The van der Waals surface area contributed by atoms with Gasteiger partial charge in [-0.15, -0.1) is 0 Å². The summed E-state index contributed by atoms with van der Waals surface area (Å²) in [5.74, 6) is 3.42. The van der Waals surface area contributed by atoms with E-state index in [1.54, 1.807) is 12.8 Å². The van der Waals surface area contributed by atoms with E-state index in [9.17, 15) is 0 Å². The lowest BCUT2D eigenvalue weighted by atomic mass is 9.38. The zero-order valence-corrected chi connectivity index (χ0v) is 9.34. The van der Waals surface area contributed by atoms with Crippen molar-refractivity contribution < 1.29 is 0 Å². The lowest BCUT2D eigenvalue weighted by Gasteiger charge is -2.66. The summed E-state index contributed by atoms with van der Waals surface area (Å²) in [4.78, 5) is 0. The lowest BCUT2D eigenvalue weighted by Crippen LogP contribution is -2.60. The third kappa shape index (κ3) is 0.651. The van der Waals surface area contributed by atoms with E-state index in [0.29, 0.717) is 11.6 Å². The molecular formula is C13H21N. The summed E-state index contributed by atoms with van der Waals surface area (Å²) in [6.07, 6.45) is 7.73. The Hall–Kier alpha value is -0.0400. The highest BCUT2D eigenvalue weighted by molar-refractivity contribution is 5.29. The van der Waals surface area contributed by atoms with Gasteiger partial charge in [0.15, 0.2) is 0 Å². The van der Waals surface area contributed by atoms with Gasteiger partial charge in [0.25, 0.3) is 0 Å². The zero-order chi connectivity index (χ0) is 9.55.